The maximum Gasteiger partial charge on any atom is 0.338 e. The summed E-state index contributed by atoms with van der Waals surface area (Å²) in [6, 6.07) is 12.7. The quantitative estimate of drug-likeness (QED) is 0.745. The number of carbonyl (C=O) groups is 1. The number of ether oxygens (including phenoxy) is 1. The Balaban J connectivity index is 2.25. The third-order valence-electron chi connectivity index (χ3n) is 3.03. The molecule has 2 aromatic carbocycles. The summed E-state index contributed by atoms with van der Waals surface area (Å²) in [5, 5.41) is 1.00. The highest BCUT2D eigenvalue weighted by molar-refractivity contribution is 7.90. The van der Waals surface area contributed by atoms with E-state index < -0.39 is 21.9 Å². The van der Waals surface area contributed by atoms with Crippen LogP contribution >= 0.6 is 23.2 Å². The Labute approximate surface area is 144 Å². The van der Waals surface area contributed by atoms with Crippen molar-refractivity contribution in [2.45, 2.75) is 6.10 Å². The molecule has 7 heteroatoms. The van der Waals surface area contributed by atoms with Crippen molar-refractivity contribution in [3.63, 3.8) is 0 Å². The molecule has 4 nitrogen and oxygen atoms in total. The van der Waals surface area contributed by atoms with Crippen LogP contribution < -0.4 is 0 Å². The summed E-state index contributed by atoms with van der Waals surface area (Å²) >= 11 is 11.6. The highest BCUT2D eigenvalue weighted by Gasteiger charge is 2.22. The standard InChI is InChI=1S/C16H14Cl2O4S/c1-23(20,21)10-15(11-2-6-13(17)7-3-11)22-16(19)12-4-8-14(18)9-5-12/h2-9,15H,10H2,1H3. The fraction of sp³-hybridized carbons (Fsp3) is 0.188. The molecule has 0 radical (unpaired) electrons. The Morgan fingerprint density at radius 2 is 1.48 bits per heavy atom. The Kier molecular flexibility index (Phi) is 5.68. The smallest absolute Gasteiger partial charge is 0.338 e. The van der Waals surface area contributed by atoms with Gasteiger partial charge in [-0.25, -0.2) is 13.2 Å². The first-order valence-electron chi connectivity index (χ1n) is 6.64. The minimum Gasteiger partial charge on any atom is -0.453 e. The van der Waals surface area contributed by atoms with Crippen LogP contribution in [0.1, 0.15) is 22.0 Å². The first-order valence-corrected chi connectivity index (χ1v) is 9.46. The average molecular weight is 373 g/mol. The van der Waals surface area contributed by atoms with Gasteiger partial charge < -0.3 is 4.74 Å². The Hall–Kier alpha value is -1.56. The van der Waals surface area contributed by atoms with Crippen LogP contribution in [0.3, 0.4) is 0 Å². The summed E-state index contributed by atoms with van der Waals surface area (Å²) in [5.74, 6) is -0.932. The largest absolute Gasteiger partial charge is 0.453 e. The molecule has 2 aromatic rings. The van der Waals surface area contributed by atoms with Gasteiger partial charge in [0.1, 0.15) is 6.10 Å². The zero-order valence-corrected chi connectivity index (χ0v) is 14.5. The lowest BCUT2D eigenvalue weighted by molar-refractivity contribution is 0.0345. The van der Waals surface area contributed by atoms with Gasteiger partial charge in [-0.15, -0.1) is 0 Å². The van der Waals surface area contributed by atoms with E-state index in [-0.39, 0.29) is 5.75 Å². The van der Waals surface area contributed by atoms with Crippen LogP contribution in [0.25, 0.3) is 0 Å². The van der Waals surface area contributed by atoms with E-state index in [0.29, 0.717) is 21.2 Å². The summed E-state index contributed by atoms with van der Waals surface area (Å²) in [4.78, 5) is 12.2. The van der Waals surface area contributed by atoms with Crippen molar-refractivity contribution in [3.8, 4) is 0 Å². The van der Waals surface area contributed by atoms with E-state index in [2.05, 4.69) is 0 Å². The summed E-state index contributed by atoms with van der Waals surface area (Å²) < 4.78 is 28.6. The van der Waals surface area contributed by atoms with Gasteiger partial charge in [0.05, 0.1) is 11.3 Å². The van der Waals surface area contributed by atoms with Crippen LogP contribution in [-0.4, -0.2) is 26.4 Å². The fourth-order valence-corrected chi connectivity index (χ4v) is 3.00. The Bertz CT molecular complexity index is 784. The number of esters is 1. The molecule has 0 saturated carbocycles. The monoisotopic (exact) mass is 372 g/mol. The van der Waals surface area contributed by atoms with Crippen molar-refractivity contribution in [3.05, 3.63) is 69.7 Å². The van der Waals surface area contributed by atoms with Crippen molar-refractivity contribution < 1.29 is 17.9 Å². The molecule has 0 N–H and O–H groups in total. The third kappa shape index (κ3) is 5.53. The Morgan fingerprint density at radius 3 is 1.96 bits per heavy atom. The van der Waals surface area contributed by atoms with Gasteiger partial charge in [0, 0.05) is 16.3 Å². The molecule has 1 unspecified atom stereocenters. The lowest BCUT2D eigenvalue weighted by Gasteiger charge is -2.17. The first kappa shape index (κ1) is 17.8. The molecule has 1 atom stereocenters. The highest BCUT2D eigenvalue weighted by atomic mass is 35.5. The minimum atomic E-state index is -3.35. The van der Waals surface area contributed by atoms with Gasteiger partial charge in [-0.2, -0.15) is 0 Å². The van der Waals surface area contributed by atoms with Crippen molar-refractivity contribution >= 4 is 39.0 Å². The van der Waals surface area contributed by atoms with Crippen LogP contribution in [0.15, 0.2) is 48.5 Å². The lowest BCUT2D eigenvalue weighted by atomic mass is 10.1. The molecule has 0 aliphatic rings. The maximum atomic E-state index is 12.2. The molecule has 0 bridgehead atoms. The predicted octanol–water partition coefficient (Wildman–Crippen LogP) is 3.94. The molecular weight excluding hydrogens is 359 g/mol. The number of sulfone groups is 1. The molecule has 0 aliphatic heterocycles. The minimum absolute atomic E-state index is 0.293. The van der Waals surface area contributed by atoms with Crippen molar-refractivity contribution in [1.29, 1.82) is 0 Å². The number of benzene rings is 2. The van der Waals surface area contributed by atoms with Crippen LogP contribution in [0.5, 0.6) is 0 Å². The van der Waals surface area contributed by atoms with Crippen LogP contribution in [0.2, 0.25) is 10.0 Å². The van der Waals surface area contributed by atoms with Gasteiger partial charge in [-0.1, -0.05) is 35.3 Å². The predicted molar refractivity (Wildman–Crippen MR) is 90.8 cm³/mol. The molecule has 0 fully saturated rings. The van der Waals surface area contributed by atoms with Crippen molar-refractivity contribution in [1.82, 2.24) is 0 Å². The first-order chi connectivity index (χ1) is 10.7. The van der Waals surface area contributed by atoms with Gasteiger partial charge in [-0.3, -0.25) is 0 Å². The fourth-order valence-electron chi connectivity index (χ4n) is 1.93. The second kappa shape index (κ2) is 7.34. The van der Waals surface area contributed by atoms with Crippen molar-refractivity contribution in [2.75, 3.05) is 12.0 Å². The molecule has 0 aliphatic carbocycles. The van der Waals surface area contributed by atoms with Crippen LogP contribution in [0, 0.1) is 0 Å². The molecule has 0 aromatic heterocycles. The summed E-state index contributed by atoms with van der Waals surface area (Å²) in [6.07, 6.45) is 0.178. The van der Waals surface area contributed by atoms with E-state index >= 15 is 0 Å². The molecule has 0 amide bonds. The second-order valence-electron chi connectivity index (χ2n) is 5.04. The number of halogens is 2. The Morgan fingerprint density at radius 1 is 1.00 bits per heavy atom. The van der Waals surface area contributed by atoms with E-state index in [9.17, 15) is 13.2 Å². The summed E-state index contributed by atoms with van der Waals surface area (Å²) in [5.41, 5.74) is 0.851. The van der Waals surface area contributed by atoms with Crippen molar-refractivity contribution in [2.24, 2.45) is 0 Å². The number of hydrogen-bond donors (Lipinski definition) is 0. The zero-order chi connectivity index (χ0) is 17.0. The van der Waals surface area contributed by atoms with Gasteiger partial charge in [0.25, 0.3) is 0 Å². The number of carbonyl (C=O) groups excluding carboxylic acids is 1. The molecule has 0 spiro atoms. The van der Waals surface area contributed by atoms with Crippen LogP contribution in [-0.2, 0) is 14.6 Å². The van der Waals surface area contributed by atoms with Crippen LogP contribution in [0.4, 0.5) is 0 Å². The average Bonchev–Trinajstić information content (AvgIpc) is 2.46. The van der Waals surface area contributed by atoms with E-state index in [1.807, 2.05) is 0 Å². The second-order valence-corrected chi connectivity index (χ2v) is 8.10. The summed E-state index contributed by atoms with van der Waals surface area (Å²) in [6.45, 7) is 0. The van der Waals surface area contributed by atoms with E-state index in [0.717, 1.165) is 6.26 Å². The maximum absolute atomic E-state index is 12.2. The molecular formula is C16H14Cl2O4S. The molecule has 0 heterocycles. The van der Waals surface area contributed by atoms with E-state index in [1.54, 1.807) is 36.4 Å². The van der Waals surface area contributed by atoms with E-state index in [1.165, 1.54) is 12.1 Å². The molecule has 122 valence electrons. The van der Waals surface area contributed by atoms with Gasteiger partial charge in [0.2, 0.25) is 0 Å². The molecule has 2 rings (SSSR count). The number of hydrogen-bond acceptors (Lipinski definition) is 4. The third-order valence-corrected chi connectivity index (χ3v) is 4.44. The SMILES string of the molecule is CS(=O)(=O)CC(OC(=O)c1ccc(Cl)cc1)c1ccc(Cl)cc1. The van der Waals surface area contributed by atoms with Gasteiger partial charge >= 0.3 is 5.97 Å². The van der Waals surface area contributed by atoms with Gasteiger partial charge in [0.15, 0.2) is 9.84 Å². The topological polar surface area (TPSA) is 60.4 Å². The zero-order valence-electron chi connectivity index (χ0n) is 12.2. The lowest BCUT2D eigenvalue weighted by Crippen LogP contribution is -2.19. The normalized spacial score (nSPS) is 12.7. The summed E-state index contributed by atoms with van der Waals surface area (Å²) in [7, 11) is -3.35. The van der Waals surface area contributed by atoms with E-state index in [4.69, 9.17) is 27.9 Å². The molecule has 0 saturated heterocycles. The van der Waals surface area contributed by atoms with Gasteiger partial charge in [-0.05, 0) is 42.0 Å². The highest BCUT2D eigenvalue weighted by Crippen LogP contribution is 2.23. The number of rotatable bonds is 5. The molecule has 23 heavy (non-hydrogen) atoms.